The predicted octanol–water partition coefficient (Wildman–Crippen LogP) is 0.0740. The van der Waals surface area contributed by atoms with Crippen molar-refractivity contribution >= 4 is 23.3 Å². The highest BCUT2D eigenvalue weighted by Gasteiger charge is 2.28. The van der Waals surface area contributed by atoms with Crippen molar-refractivity contribution in [1.29, 1.82) is 0 Å². The number of pyridine rings is 1. The highest BCUT2D eigenvalue weighted by Crippen LogP contribution is 2.20. The highest BCUT2D eigenvalue weighted by molar-refractivity contribution is 5.99. The van der Waals surface area contributed by atoms with Crippen LogP contribution in [0.3, 0.4) is 0 Å². The second-order valence-electron chi connectivity index (χ2n) is 5.03. The van der Waals surface area contributed by atoms with Crippen molar-refractivity contribution < 1.29 is 14.5 Å². The van der Waals surface area contributed by atoms with Gasteiger partial charge in [-0.15, -0.1) is 0 Å². The van der Waals surface area contributed by atoms with Gasteiger partial charge < -0.3 is 16.4 Å². The van der Waals surface area contributed by atoms with Gasteiger partial charge in [-0.2, -0.15) is 0 Å². The molecule has 4 N–H and O–H groups in total. The van der Waals surface area contributed by atoms with Gasteiger partial charge in [0.15, 0.2) is 0 Å². The molecule has 0 aliphatic heterocycles. The quantitative estimate of drug-likeness (QED) is 0.518. The van der Waals surface area contributed by atoms with E-state index in [0.717, 1.165) is 12.3 Å². The van der Waals surface area contributed by atoms with Gasteiger partial charge in [-0.3, -0.25) is 19.7 Å². The molecule has 9 heteroatoms. The van der Waals surface area contributed by atoms with Gasteiger partial charge in [-0.05, 0) is 19.9 Å². The minimum absolute atomic E-state index is 0.00342. The maximum atomic E-state index is 12.0. The number of anilines is 1. The number of aromatic nitrogens is 1. The van der Waals surface area contributed by atoms with Crippen LogP contribution >= 0.6 is 0 Å². The fourth-order valence-electron chi connectivity index (χ4n) is 1.61. The van der Waals surface area contributed by atoms with E-state index < -0.39 is 21.9 Å². The Kier molecular flexibility index (Phi) is 4.79. The first-order valence-corrected chi connectivity index (χ1v) is 6.09. The number of hydrogen-bond donors (Lipinski definition) is 3. The van der Waals surface area contributed by atoms with E-state index in [2.05, 4.69) is 15.6 Å². The van der Waals surface area contributed by atoms with Gasteiger partial charge in [0.25, 0.3) is 11.6 Å². The van der Waals surface area contributed by atoms with Crippen LogP contribution in [0.15, 0.2) is 12.3 Å². The molecule has 0 bridgehead atoms. The fourth-order valence-corrected chi connectivity index (χ4v) is 1.61. The summed E-state index contributed by atoms with van der Waals surface area (Å²) >= 11 is 0. The zero-order valence-electron chi connectivity index (χ0n) is 12.0. The molecule has 1 aromatic heterocycles. The molecule has 0 aliphatic rings. The molecule has 0 saturated heterocycles. The molecular formula is C12H17N5O4. The maximum absolute atomic E-state index is 12.0. The molecule has 0 aliphatic carbocycles. The Bertz CT molecular complexity index is 585. The smallest absolute Gasteiger partial charge is 0.300 e. The van der Waals surface area contributed by atoms with Gasteiger partial charge in [0, 0.05) is 13.6 Å². The van der Waals surface area contributed by atoms with E-state index in [9.17, 15) is 19.7 Å². The Morgan fingerprint density at radius 2 is 2.10 bits per heavy atom. The number of amides is 2. The zero-order chi connectivity index (χ0) is 16.2. The van der Waals surface area contributed by atoms with Crippen LogP contribution in [0.5, 0.6) is 0 Å². The molecule has 9 nitrogen and oxygen atoms in total. The van der Waals surface area contributed by atoms with Crippen LogP contribution in [0.2, 0.25) is 0 Å². The minimum atomic E-state index is -0.849. The molecule has 0 spiro atoms. The van der Waals surface area contributed by atoms with Crippen molar-refractivity contribution in [2.45, 2.75) is 13.8 Å². The summed E-state index contributed by atoms with van der Waals surface area (Å²) in [5.41, 5.74) is 3.95. The largest absolute Gasteiger partial charge is 0.384 e. The molecule has 1 heterocycles. The summed E-state index contributed by atoms with van der Waals surface area (Å²) in [7, 11) is 1.49. The summed E-state index contributed by atoms with van der Waals surface area (Å²) in [6, 6.07) is 1.13. The number of nitrogen functional groups attached to an aromatic ring is 1. The number of nitro groups is 1. The van der Waals surface area contributed by atoms with Crippen LogP contribution < -0.4 is 16.4 Å². The average molecular weight is 295 g/mol. The molecular weight excluding hydrogens is 278 g/mol. The molecule has 2 amide bonds. The van der Waals surface area contributed by atoms with E-state index in [-0.39, 0.29) is 23.8 Å². The fraction of sp³-hybridized carbons (Fsp3) is 0.417. The lowest BCUT2D eigenvalue weighted by molar-refractivity contribution is -0.385. The van der Waals surface area contributed by atoms with E-state index in [4.69, 9.17) is 5.73 Å². The Morgan fingerprint density at radius 3 is 2.62 bits per heavy atom. The molecule has 0 saturated carbocycles. The van der Waals surface area contributed by atoms with Crippen molar-refractivity contribution in [3.63, 3.8) is 0 Å². The van der Waals surface area contributed by atoms with Crippen LogP contribution in [0.1, 0.15) is 24.2 Å². The summed E-state index contributed by atoms with van der Waals surface area (Å²) in [4.78, 5) is 37.4. The van der Waals surface area contributed by atoms with Crippen LogP contribution in [-0.2, 0) is 4.79 Å². The van der Waals surface area contributed by atoms with Gasteiger partial charge >= 0.3 is 0 Å². The highest BCUT2D eigenvalue weighted by atomic mass is 16.6. The van der Waals surface area contributed by atoms with E-state index in [0.29, 0.717) is 0 Å². The van der Waals surface area contributed by atoms with Gasteiger partial charge in [0.05, 0.1) is 10.3 Å². The first-order valence-electron chi connectivity index (χ1n) is 6.09. The summed E-state index contributed by atoms with van der Waals surface area (Å²) in [6.45, 7) is 3.30. The molecule has 1 aromatic rings. The third-order valence-electron chi connectivity index (χ3n) is 2.88. The standard InChI is InChI=1S/C12H17N5O4/c1-12(2,11(19)14-3)6-16-10(18)7-4-9(13)15-5-8(7)17(20)21/h4-5H,6H2,1-3H3,(H2,13,15)(H,14,19)(H,16,18). The van der Waals surface area contributed by atoms with Gasteiger partial charge in [-0.1, -0.05) is 0 Å². The number of carbonyl (C=O) groups excluding carboxylic acids is 2. The third-order valence-corrected chi connectivity index (χ3v) is 2.88. The molecule has 1 rings (SSSR count). The molecule has 21 heavy (non-hydrogen) atoms. The number of rotatable bonds is 5. The van der Waals surface area contributed by atoms with E-state index >= 15 is 0 Å². The van der Waals surface area contributed by atoms with Gasteiger partial charge in [0.1, 0.15) is 17.6 Å². The Labute approximate surface area is 121 Å². The van der Waals surface area contributed by atoms with Crippen LogP contribution in [0, 0.1) is 15.5 Å². The van der Waals surface area contributed by atoms with E-state index in [1.54, 1.807) is 13.8 Å². The van der Waals surface area contributed by atoms with Crippen molar-refractivity contribution in [3.05, 3.63) is 27.9 Å². The van der Waals surface area contributed by atoms with E-state index in [1.165, 1.54) is 7.05 Å². The van der Waals surface area contributed by atoms with Gasteiger partial charge in [-0.25, -0.2) is 4.98 Å². The minimum Gasteiger partial charge on any atom is -0.384 e. The normalized spacial score (nSPS) is 10.8. The maximum Gasteiger partial charge on any atom is 0.300 e. The lowest BCUT2D eigenvalue weighted by Crippen LogP contribution is -2.43. The summed E-state index contributed by atoms with van der Waals surface area (Å²) < 4.78 is 0. The van der Waals surface area contributed by atoms with Crippen LogP contribution in [0.25, 0.3) is 0 Å². The lowest BCUT2D eigenvalue weighted by Gasteiger charge is -2.22. The second-order valence-corrected chi connectivity index (χ2v) is 5.03. The molecule has 0 fully saturated rings. The Morgan fingerprint density at radius 1 is 1.48 bits per heavy atom. The third kappa shape index (κ3) is 3.88. The number of carbonyl (C=O) groups is 2. The topological polar surface area (TPSA) is 140 Å². The number of nitrogens with two attached hydrogens (primary N) is 1. The van der Waals surface area contributed by atoms with Crippen LogP contribution in [-0.4, -0.2) is 35.3 Å². The Hall–Kier alpha value is -2.71. The molecule has 114 valence electrons. The van der Waals surface area contributed by atoms with E-state index in [1.807, 2.05) is 0 Å². The summed E-state index contributed by atoms with van der Waals surface area (Å²) in [5, 5.41) is 15.8. The predicted molar refractivity (Wildman–Crippen MR) is 75.5 cm³/mol. The summed E-state index contributed by atoms with van der Waals surface area (Å²) in [6.07, 6.45) is 0.925. The number of nitrogens with zero attached hydrogens (tertiary/aromatic N) is 2. The van der Waals surface area contributed by atoms with Crippen molar-refractivity contribution in [1.82, 2.24) is 15.6 Å². The Balaban J connectivity index is 2.93. The first-order chi connectivity index (χ1) is 9.69. The zero-order valence-corrected chi connectivity index (χ0v) is 12.0. The molecule has 0 atom stereocenters. The van der Waals surface area contributed by atoms with Crippen LogP contribution in [0.4, 0.5) is 11.5 Å². The van der Waals surface area contributed by atoms with Gasteiger partial charge in [0.2, 0.25) is 5.91 Å². The first kappa shape index (κ1) is 16.3. The monoisotopic (exact) mass is 295 g/mol. The number of hydrogen-bond acceptors (Lipinski definition) is 6. The second kappa shape index (κ2) is 6.16. The van der Waals surface area contributed by atoms with Crippen molar-refractivity contribution in [3.8, 4) is 0 Å². The molecule has 0 radical (unpaired) electrons. The molecule has 0 unspecified atom stereocenters. The molecule has 0 aromatic carbocycles. The lowest BCUT2D eigenvalue weighted by atomic mass is 9.92. The average Bonchev–Trinajstić information content (AvgIpc) is 2.43. The SMILES string of the molecule is CNC(=O)C(C)(C)CNC(=O)c1cc(N)ncc1[N+](=O)[O-]. The van der Waals surface area contributed by atoms with Crippen molar-refractivity contribution in [2.24, 2.45) is 5.41 Å². The van der Waals surface area contributed by atoms with Crippen molar-refractivity contribution in [2.75, 3.05) is 19.3 Å². The summed E-state index contributed by atoms with van der Waals surface area (Å²) in [5.74, 6) is -0.948. The number of nitrogens with one attached hydrogen (secondary N) is 2.